The van der Waals surface area contributed by atoms with E-state index in [1.807, 2.05) is 18.2 Å². The zero-order chi connectivity index (χ0) is 21.8. The molecule has 2 amide bonds. The molecule has 0 saturated carbocycles. The molecule has 1 N–H and O–H groups in total. The monoisotopic (exact) mass is 419 g/mol. The predicted octanol–water partition coefficient (Wildman–Crippen LogP) is 3.89. The second-order valence-electron chi connectivity index (χ2n) is 7.44. The molecule has 2 aromatic carbocycles. The van der Waals surface area contributed by atoms with Crippen molar-refractivity contribution >= 4 is 23.2 Å². The zero-order valence-electron chi connectivity index (χ0n) is 17.6. The minimum absolute atomic E-state index is 0.102. The highest BCUT2D eigenvalue weighted by molar-refractivity contribution is 6.02. The molecular formula is C24H25N3O4. The number of carbonyl (C=O) groups excluding carboxylic acids is 2. The van der Waals surface area contributed by atoms with Crippen LogP contribution >= 0.6 is 0 Å². The van der Waals surface area contributed by atoms with Gasteiger partial charge in [0.1, 0.15) is 11.9 Å². The average molecular weight is 419 g/mol. The fraction of sp³-hybridized carbons (Fsp3) is 0.250. The van der Waals surface area contributed by atoms with Crippen molar-refractivity contribution in [1.82, 2.24) is 4.90 Å². The number of hydrogen-bond acceptors (Lipinski definition) is 5. The number of nitrogens with zero attached hydrogens (tertiary/aromatic N) is 2. The number of rotatable bonds is 6. The Hall–Kier alpha value is -3.74. The second-order valence-corrected chi connectivity index (χ2v) is 7.44. The van der Waals surface area contributed by atoms with Gasteiger partial charge in [0.2, 0.25) is 0 Å². The number of anilines is 2. The van der Waals surface area contributed by atoms with Gasteiger partial charge in [0.15, 0.2) is 5.76 Å². The number of amides is 2. The second kappa shape index (κ2) is 8.95. The highest BCUT2D eigenvalue weighted by Crippen LogP contribution is 2.32. The van der Waals surface area contributed by atoms with Crippen LogP contribution in [-0.4, -0.2) is 49.5 Å². The smallest absolute Gasteiger partial charge is 0.291 e. The fourth-order valence-electron chi connectivity index (χ4n) is 3.68. The first-order valence-electron chi connectivity index (χ1n) is 10.3. The molecule has 0 aliphatic carbocycles. The van der Waals surface area contributed by atoms with Crippen molar-refractivity contribution in [2.24, 2.45) is 0 Å². The maximum atomic E-state index is 12.9. The van der Waals surface area contributed by atoms with Crippen molar-refractivity contribution in [1.29, 1.82) is 0 Å². The average Bonchev–Trinajstić information content (AvgIpc) is 3.34. The quantitative estimate of drug-likeness (QED) is 0.656. The van der Waals surface area contributed by atoms with Crippen LogP contribution in [0.5, 0.6) is 5.75 Å². The molecule has 7 nitrogen and oxygen atoms in total. The fourth-order valence-corrected chi connectivity index (χ4v) is 3.68. The van der Waals surface area contributed by atoms with Gasteiger partial charge >= 0.3 is 0 Å². The van der Waals surface area contributed by atoms with E-state index in [0.29, 0.717) is 17.8 Å². The Morgan fingerprint density at radius 3 is 2.58 bits per heavy atom. The van der Waals surface area contributed by atoms with Crippen molar-refractivity contribution in [3.63, 3.8) is 0 Å². The summed E-state index contributed by atoms with van der Waals surface area (Å²) in [6.07, 6.45) is 1.33. The molecule has 2 heterocycles. The Morgan fingerprint density at radius 2 is 1.87 bits per heavy atom. The molecule has 1 aromatic heterocycles. The molecule has 31 heavy (non-hydrogen) atoms. The number of nitrogens with one attached hydrogen (secondary N) is 1. The van der Waals surface area contributed by atoms with Gasteiger partial charge in [0.05, 0.1) is 25.0 Å². The lowest BCUT2D eigenvalue weighted by Gasteiger charge is -2.37. The number of para-hydroxylation sites is 2. The SMILES string of the molecule is CCN1C[C@@H](CN(C)C(=O)c2ccc(NC(=O)c3ccco3)cc2)Oc2ccccc21. The summed E-state index contributed by atoms with van der Waals surface area (Å²) in [5, 5.41) is 2.74. The molecule has 160 valence electrons. The minimum Gasteiger partial charge on any atom is -0.485 e. The summed E-state index contributed by atoms with van der Waals surface area (Å²) in [6, 6.07) is 18.0. The molecule has 0 spiro atoms. The number of ether oxygens (including phenoxy) is 1. The molecule has 0 bridgehead atoms. The third-order valence-electron chi connectivity index (χ3n) is 5.26. The van der Waals surface area contributed by atoms with Crippen LogP contribution in [0.3, 0.4) is 0 Å². The van der Waals surface area contributed by atoms with Crippen LogP contribution in [0.25, 0.3) is 0 Å². The molecule has 0 saturated heterocycles. The van der Waals surface area contributed by atoms with Gasteiger partial charge in [-0.3, -0.25) is 9.59 Å². The lowest BCUT2D eigenvalue weighted by molar-refractivity contribution is 0.0709. The van der Waals surface area contributed by atoms with Gasteiger partial charge in [-0.2, -0.15) is 0 Å². The van der Waals surface area contributed by atoms with Gasteiger partial charge in [-0.25, -0.2) is 0 Å². The number of carbonyl (C=O) groups is 2. The van der Waals surface area contributed by atoms with E-state index >= 15 is 0 Å². The molecule has 0 fully saturated rings. The molecule has 1 aliphatic rings. The van der Waals surface area contributed by atoms with Crippen molar-refractivity contribution in [2.75, 3.05) is 36.9 Å². The normalized spacial score (nSPS) is 15.0. The van der Waals surface area contributed by atoms with Crippen molar-refractivity contribution in [2.45, 2.75) is 13.0 Å². The van der Waals surface area contributed by atoms with E-state index in [-0.39, 0.29) is 23.7 Å². The third-order valence-corrected chi connectivity index (χ3v) is 5.26. The van der Waals surface area contributed by atoms with Crippen molar-refractivity contribution in [3.05, 3.63) is 78.3 Å². The Balaban J connectivity index is 1.37. The summed E-state index contributed by atoms with van der Waals surface area (Å²) < 4.78 is 11.2. The van der Waals surface area contributed by atoms with E-state index in [4.69, 9.17) is 9.15 Å². The van der Waals surface area contributed by atoms with E-state index in [9.17, 15) is 9.59 Å². The summed E-state index contributed by atoms with van der Waals surface area (Å²) in [4.78, 5) is 28.9. The van der Waals surface area contributed by atoms with E-state index in [2.05, 4.69) is 23.2 Å². The lowest BCUT2D eigenvalue weighted by Crippen LogP contribution is -2.46. The Labute approximate surface area is 181 Å². The summed E-state index contributed by atoms with van der Waals surface area (Å²) in [7, 11) is 1.77. The topological polar surface area (TPSA) is 75.0 Å². The minimum atomic E-state index is -0.337. The van der Waals surface area contributed by atoms with Crippen LogP contribution in [0.2, 0.25) is 0 Å². The van der Waals surface area contributed by atoms with Crippen LogP contribution in [0, 0.1) is 0 Å². The van der Waals surface area contributed by atoms with Crippen LogP contribution in [-0.2, 0) is 0 Å². The van der Waals surface area contributed by atoms with Gasteiger partial charge in [0, 0.05) is 24.8 Å². The third kappa shape index (κ3) is 4.55. The molecule has 7 heteroatoms. The first-order valence-corrected chi connectivity index (χ1v) is 10.3. The van der Waals surface area contributed by atoms with Crippen LogP contribution < -0.4 is 15.0 Å². The summed E-state index contributed by atoms with van der Waals surface area (Å²) in [6.45, 7) is 4.18. The number of hydrogen-bond donors (Lipinski definition) is 1. The van der Waals surface area contributed by atoms with Crippen molar-refractivity contribution in [3.8, 4) is 5.75 Å². The van der Waals surface area contributed by atoms with Gasteiger partial charge < -0.3 is 24.3 Å². The standard InChI is InChI=1S/C24H25N3O4/c1-3-27-16-19(31-21-8-5-4-7-20(21)27)15-26(2)24(29)17-10-12-18(13-11-17)25-23(28)22-9-6-14-30-22/h4-14,19H,3,15-16H2,1-2H3,(H,25,28)/t19-/m1/s1. The van der Waals surface area contributed by atoms with E-state index in [1.54, 1.807) is 48.3 Å². The van der Waals surface area contributed by atoms with Crippen molar-refractivity contribution < 1.29 is 18.7 Å². The molecule has 0 unspecified atom stereocenters. The number of likely N-dealkylation sites (N-methyl/N-ethyl adjacent to an activating group) is 2. The number of furan rings is 1. The summed E-state index contributed by atoms with van der Waals surface area (Å²) in [5.74, 6) is 0.638. The Morgan fingerprint density at radius 1 is 1.10 bits per heavy atom. The Bertz CT molecular complexity index is 1050. The maximum Gasteiger partial charge on any atom is 0.291 e. The largest absolute Gasteiger partial charge is 0.485 e. The van der Waals surface area contributed by atoms with E-state index in [0.717, 1.165) is 24.5 Å². The zero-order valence-corrected chi connectivity index (χ0v) is 17.6. The molecule has 1 atom stereocenters. The number of benzene rings is 2. The Kier molecular flexibility index (Phi) is 5.93. The van der Waals surface area contributed by atoms with Gasteiger partial charge in [-0.15, -0.1) is 0 Å². The maximum absolute atomic E-state index is 12.9. The van der Waals surface area contributed by atoms with Gasteiger partial charge in [-0.05, 0) is 55.5 Å². The predicted molar refractivity (Wildman–Crippen MR) is 119 cm³/mol. The van der Waals surface area contributed by atoms with Gasteiger partial charge in [-0.1, -0.05) is 12.1 Å². The number of fused-ring (bicyclic) bond motifs is 1. The molecule has 1 aliphatic heterocycles. The highest BCUT2D eigenvalue weighted by Gasteiger charge is 2.27. The van der Waals surface area contributed by atoms with Crippen LogP contribution in [0.15, 0.2) is 71.3 Å². The molecule has 0 radical (unpaired) electrons. The summed E-state index contributed by atoms with van der Waals surface area (Å²) in [5.41, 5.74) is 2.22. The lowest BCUT2D eigenvalue weighted by atomic mass is 10.1. The molecule has 3 aromatic rings. The van der Waals surface area contributed by atoms with Crippen LogP contribution in [0.1, 0.15) is 27.8 Å². The summed E-state index contributed by atoms with van der Waals surface area (Å²) >= 11 is 0. The molecule has 4 rings (SSSR count). The molecular weight excluding hydrogens is 394 g/mol. The first kappa shape index (κ1) is 20.5. The highest BCUT2D eigenvalue weighted by atomic mass is 16.5. The van der Waals surface area contributed by atoms with Crippen LogP contribution in [0.4, 0.5) is 11.4 Å². The van der Waals surface area contributed by atoms with E-state index in [1.165, 1.54) is 6.26 Å². The van der Waals surface area contributed by atoms with Gasteiger partial charge in [0.25, 0.3) is 11.8 Å². The first-order chi connectivity index (χ1) is 15.0. The van der Waals surface area contributed by atoms with E-state index < -0.39 is 0 Å².